The van der Waals surface area contributed by atoms with Crippen LogP contribution in [0.15, 0.2) is 48.5 Å². The molecule has 21 heavy (non-hydrogen) atoms. The van der Waals surface area contributed by atoms with Crippen LogP contribution >= 0.6 is 0 Å². The average molecular weight is 282 g/mol. The lowest BCUT2D eigenvalue weighted by atomic mass is 10.00. The Balaban J connectivity index is 2.20. The van der Waals surface area contributed by atoms with Gasteiger partial charge in [-0.1, -0.05) is 49.7 Å². The SMILES string of the molecule is CCCCc1ccc(C(=O)c2ccccc2OCC)cc1. The van der Waals surface area contributed by atoms with Crippen LogP contribution < -0.4 is 4.74 Å². The molecule has 0 atom stereocenters. The number of hydrogen-bond acceptors (Lipinski definition) is 2. The van der Waals surface area contributed by atoms with Crippen LogP contribution in [-0.2, 0) is 6.42 Å². The third-order valence-electron chi connectivity index (χ3n) is 3.47. The van der Waals surface area contributed by atoms with Crippen molar-refractivity contribution in [2.75, 3.05) is 6.61 Å². The summed E-state index contributed by atoms with van der Waals surface area (Å²) in [6.07, 6.45) is 3.43. The second kappa shape index (κ2) is 7.63. The van der Waals surface area contributed by atoms with Gasteiger partial charge in [0, 0.05) is 5.56 Å². The number of ether oxygens (including phenoxy) is 1. The van der Waals surface area contributed by atoms with Crippen LogP contribution in [0.3, 0.4) is 0 Å². The zero-order chi connectivity index (χ0) is 15.1. The van der Waals surface area contributed by atoms with E-state index in [2.05, 4.69) is 6.92 Å². The van der Waals surface area contributed by atoms with Crippen molar-refractivity contribution in [3.63, 3.8) is 0 Å². The molecule has 0 heterocycles. The molecule has 0 radical (unpaired) electrons. The van der Waals surface area contributed by atoms with Crippen molar-refractivity contribution in [2.24, 2.45) is 0 Å². The van der Waals surface area contributed by atoms with Gasteiger partial charge in [0.15, 0.2) is 5.78 Å². The topological polar surface area (TPSA) is 26.3 Å². The summed E-state index contributed by atoms with van der Waals surface area (Å²) < 4.78 is 5.54. The number of aryl methyl sites for hydroxylation is 1. The van der Waals surface area contributed by atoms with E-state index >= 15 is 0 Å². The molecule has 0 spiro atoms. The smallest absolute Gasteiger partial charge is 0.196 e. The second-order valence-corrected chi connectivity index (χ2v) is 5.06. The van der Waals surface area contributed by atoms with Crippen LogP contribution in [-0.4, -0.2) is 12.4 Å². The highest BCUT2D eigenvalue weighted by atomic mass is 16.5. The first-order valence-corrected chi connectivity index (χ1v) is 7.61. The van der Waals surface area contributed by atoms with Gasteiger partial charge in [0.05, 0.1) is 12.2 Å². The minimum Gasteiger partial charge on any atom is -0.493 e. The van der Waals surface area contributed by atoms with Gasteiger partial charge in [-0.3, -0.25) is 4.79 Å². The zero-order valence-corrected chi connectivity index (χ0v) is 12.8. The molecule has 110 valence electrons. The third kappa shape index (κ3) is 3.94. The summed E-state index contributed by atoms with van der Waals surface area (Å²) in [7, 11) is 0. The van der Waals surface area contributed by atoms with Crippen LogP contribution in [0.1, 0.15) is 48.2 Å². The van der Waals surface area contributed by atoms with E-state index in [1.165, 1.54) is 18.4 Å². The Morgan fingerprint density at radius 3 is 2.38 bits per heavy atom. The Morgan fingerprint density at radius 2 is 1.71 bits per heavy atom. The summed E-state index contributed by atoms with van der Waals surface area (Å²) >= 11 is 0. The molecule has 0 bridgehead atoms. The number of benzene rings is 2. The van der Waals surface area contributed by atoms with Crippen molar-refractivity contribution in [3.05, 3.63) is 65.2 Å². The van der Waals surface area contributed by atoms with Gasteiger partial charge in [-0.25, -0.2) is 0 Å². The van der Waals surface area contributed by atoms with Crippen molar-refractivity contribution in [1.82, 2.24) is 0 Å². The number of carbonyl (C=O) groups is 1. The van der Waals surface area contributed by atoms with E-state index in [0.29, 0.717) is 23.5 Å². The van der Waals surface area contributed by atoms with Crippen LogP contribution in [0, 0.1) is 0 Å². The fourth-order valence-electron chi connectivity index (χ4n) is 2.29. The van der Waals surface area contributed by atoms with Crippen LogP contribution in [0.2, 0.25) is 0 Å². The first kappa shape index (κ1) is 15.3. The van der Waals surface area contributed by atoms with Gasteiger partial charge in [-0.15, -0.1) is 0 Å². The van der Waals surface area contributed by atoms with E-state index in [-0.39, 0.29) is 5.78 Å². The van der Waals surface area contributed by atoms with Crippen LogP contribution in [0.4, 0.5) is 0 Å². The monoisotopic (exact) mass is 282 g/mol. The number of hydrogen-bond donors (Lipinski definition) is 0. The Kier molecular flexibility index (Phi) is 5.56. The van der Waals surface area contributed by atoms with Crippen LogP contribution in [0.5, 0.6) is 5.75 Å². The Labute approximate surface area is 126 Å². The molecule has 2 nitrogen and oxygen atoms in total. The Hall–Kier alpha value is -2.09. The van der Waals surface area contributed by atoms with E-state index in [1.807, 2.05) is 55.5 Å². The molecular formula is C19H22O2. The van der Waals surface area contributed by atoms with E-state index < -0.39 is 0 Å². The maximum absolute atomic E-state index is 12.6. The highest BCUT2D eigenvalue weighted by Crippen LogP contribution is 2.22. The Bertz CT molecular complexity index is 585. The first-order chi connectivity index (χ1) is 10.3. The molecule has 0 unspecified atom stereocenters. The van der Waals surface area contributed by atoms with Gasteiger partial charge in [0.25, 0.3) is 0 Å². The summed E-state index contributed by atoms with van der Waals surface area (Å²) in [5.41, 5.74) is 2.62. The number of ketones is 1. The standard InChI is InChI=1S/C19H22O2/c1-3-5-8-15-11-13-16(14-12-15)19(20)17-9-6-7-10-18(17)21-4-2/h6-7,9-14H,3-5,8H2,1-2H3. The molecule has 0 saturated heterocycles. The van der Waals surface area contributed by atoms with Gasteiger partial charge in [-0.05, 0) is 37.5 Å². The zero-order valence-electron chi connectivity index (χ0n) is 12.8. The predicted molar refractivity (Wildman–Crippen MR) is 86.1 cm³/mol. The normalized spacial score (nSPS) is 10.4. The van der Waals surface area contributed by atoms with E-state index in [0.717, 1.165) is 6.42 Å². The quantitative estimate of drug-likeness (QED) is 0.690. The van der Waals surface area contributed by atoms with E-state index in [4.69, 9.17) is 4.74 Å². The number of rotatable bonds is 7. The summed E-state index contributed by atoms with van der Waals surface area (Å²) in [5.74, 6) is 0.668. The van der Waals surface area contributed by atoms with Crippen LogP contribution in [0.25, 0.3) is 0 Å². The minimum atomic E-state index is 0.0149. The molecule has 0 amide bonds. The lowest BCUT2D eigenvalue weighted by molar-refractivity contribution is 0.103. The summed E-state index contributed by atoms with van der Waals surface area (Å²) in [6, 6.07) is 15.3. The molecule has 2 aromatic carbocycles. The minimum absolute atomic E-state index is 0.0149. The second-order valence-electron chi connectivity index (χ2n) is 5.06. The molecule has 2 rings (SSSR count). The van der Waals surface area contributed by atoms with Gasteiger partial charge in [-0.2, -0.15) is 0 Å². The van der Waals surface area contributed by atoms with E-state index in [1.54, 1.807) is 0 Å². The van der Waals surface area contributed by atoms with Gasteiger partial charge < -0.3 is 4.74 Å². The molecule has 2 heteroatoms. The highest BCUT2D eigenvalue weighted by Gasteiger charge is 2.13. The lowest BCUT2D eigenvalue weighted by Crippen LogP contribution is -2.05. The number of carbonyl (C=O) groups excluding carboxylic acids is 1. The predicted octanol–water partition coefficient (Wildman–Crippen LogP) is 4.66. The molecule has 0 N–H and O–H groups in total. The average Bonchev–Trinajstić information content (AvgIpc) is 2.53. The van der Waals surface area contributed by atoms with E-state index in [9.17, 15) is 4.79 Å². The maximum Gasteiger partial charge on any atom is 0.196 e. The van der Waals surface area contributed by atoms with Gasteiger partial charge in [0.2, 0.25) is 0 Å². The molecule has 0 fully saturated rings. The summed E-state index contributed by atoms with van der Waals surface area (Å²) in [5, 5.41) is 0. The Morgan fingerprint density at radius 1 is 1.00 bits per heavy atom. The number of unbranched alkanes of at least 4 members (excludes halogenated alkanes) is 1. The third-order valence-corrected chi connectivity index (χ3v) is 3.47. The molecule has 0 aromatic heterocycles. The summed E-state index contributed by atoms with van der Waals surface area (Å²) in [6.45, 7) is 4.66. The van der Waals surface area contributed by atoms with Gasteiger partial charge in [0.1, 0.15) is 5.75 Å². The largest absolute Gasteiger partial charge is 0.493 e. The molecule has 2 aromatic rings. The van der Waals surface area contributed by atoms with Gasteiger partial charge >= 0.3 is 0 Å². The lowest BCUT2D eigenvalue weighted by Gasteiger charge is -2.09. The summed E-state index contributed by atoms with van der Waals surface area (Å²) in [4.78, 5) is 12.6. The van der Waals surface area contributed by atoms with Crippen molar-refractivity contribution >= 4 is 5.78 Å². The van der Waals surface area contributed by atoms with Crippen molar-refractivity contribution in [2.45, 2.75) is 33.1 Å². The van der Waals surface area contributed by atoms with Crippen molar-refractivity contribution in [3.8, 4) is 5.75 Å². The highest BCUT2D eigenvalue weighted by molar-refractivity contribution is 6.10. The van der Waals surface area contributed by atoms with Crippen molar-refractivity contribution < 1.29 is 9.53 Å². The molecule has 0 saturated carbocycles. The molecule has 0 aliphatic rings. The molecule has 0 aliphatic heterocycles. The number of para-hydroxylation sites is 1. The first-order valence-electron chi connectivity index (χ1n) is 7.61. The fourth-order valence-corrected chi connectivity index (χ4v) is 2.29. The molecular weight excluding hydrogens is 260 g/mol. The van der Waals surface area contributed by atoms with Crippen molar-refractivity contribution in [1.29, 1.82) is 0 Å². The maximum atomic E-state index is 12.6. The molecule has 0 aliphatic carbocycles. The fraction of sp³-hybridized carbons (Fsp3) is 0.316.